The molecule has 3 aromatic rings. The van der Waals surface area contributed by atoms with Gasteiger partial charge in [-0.1, -0.05) is 42.5 Å². The Hall–Kier alpha value is -2.79. The van der Waals surface area contributed by atoms with E-state index in [4.69, 9.17) is 5.11 Å². The smallest absolute Gasteiger partial charge is 0.166 e. The first kappa shape index (κ1) is 19.0. The molecule has 27 heavy (non-hydrogen) atoms. The zero-order valence-corrected chi connectivity index (χ0v) is 15.6. The summed E-state index contributed by atoms with van der Waals surface area (Å²) in [5, 5.41) is 22.2. The first-order chi connectivity index (χ1) is 13.1. The summed E-state index contributed by atoms with van der Waals surface area (Å²) in [4.78, 5) is 0. The van der Waals surface area contributed by atoms with Crippen molar-refractivity contribution >= 4 is 11.1 Å². The van der Waals surface area contributed by atoms with Gasteiger partial charge >= 0.3 is 0 Å². The van der Waals surface area contributed by atoms with Gasteiger partial charge in [0.1, 0.15) is 11.3 Å². The summed E-state index contributed by atoms with van der Waals surface area (Å²) in [5.41, 5.74) is 3.43. The van der Waals surface area contributed by atoms with E-state index in [9.17, 15) is 14.0 Å². The highest BCUT2D eigenvalue weighted by Gasteiger charge is 2.30. The summed E-state index contributed by atoms with van der Waals surface area (Å²) in [6.07, 6.45) is 0.512. The van der Waals surface area contributed by atoms with Gasteiger partial charge in [-0.15, -0.1) is 0 Å². The van der Waals surface area contributed by atoms with Gasteiger partial charge in [-0.25, -0.2) is 8.89 Å². The number of aliphatic hydroxyl groups is 1. The van der Waals surface area contributed by atoms with Gasteiger partial charge in [0.2, 0.25) is 0 Å². The summed E-state index contributed by atoms with van der Waals surface area (Å²) in [7, 11) is 0. The van der Waals surface area contributed by atoms with Gasteiger partial charge in [0.25, 0.3) is 0 Å². The number of benzene rings is 2. The molecule has 2 aromatic carbocycles. The fraction of sp³-hybridized carbons (Fsp3) is 0.200. The Morgan fingerprint density at radius 1 is 1.19 bits per heavy atom. The molecule has 3 rings (SSSR count). The molecule has 6 nitrogen and oxygen atoms in total. The van der Waals surface area contributed by atoms with Crippen LogP contribution in [0.3, 0.4) is 0 Å². The third-order valence-electron chi connectivity index (χ3n) is 4.34. The molecule has 0 aliphatic carbocycles. The molecule has 2 N–H and O–H groups in total. The lowest BCUT2D eigenvalue weighted by Gasteiger charge is -2.17. The number of nitriles is 1. The minimum atomic E-state index is -2.26. The van der Waals surface area contributed by atoms with E-state index in [1.165, 1.54) is 0 Å². The number of nitrogens with zero attached hydrogens (tertiary/aromatic N) is 3. The summed E-state index contributed by atoms with van der Waals surface area (Å²) in [6.45, 7) is 1.75. The molecular weight excluding hydrogens is 362 g/mol. The van der Waals surface area contributed by atoms with E-state index >= 15 is 0 Å². The average Bonchev–Trinajstić information content (AvgIpc) is 3.00. The Morgan fingerprint density at radius 2 is 1.85 bits per heavy atom. The Kier molecular flexibility index (Phi) is 5.81. The molecule has 0 aliphatic heterocycles. The zero-order valence-electron chi connectivity index (χ0n) is 14.7. The van der Waals surface area contributed by atoms with Gasteiger partial charge in [0.15, 0.2) is 11.1 Å². The SMILES string of the molecule is Cc1nn(-c2ccccc2)c(C(c2ccc(CCO)cc2)S(=O)O)c1C#N. The van der Waals surface area contributed by atoms with E-state index in [-0.39, 0.29) is 6.61 Å². The van der Waals surface area contributed by atoms with Gasteiger partial charge < -0.3 is 9.66 Å². The van der Waals surface area contributed by atoms with Crippen LogP contribution in [0.2, 0.25) is 0 Å². The third kappa shape index (κ3) is 3.83. The Balaban J connectivity index is 2.19. The molecular formula is C20H19N3O3S. The van der Waals surface area contributed by atoms with Crippen LogP contribution >= 0.6 is 0 Å². The fourth-order valence-corrected chi connectivity index (χ4v) is 3.85. The highest BCUT2D eigenvalue weighted by molar-refractivity contribution is 7.79. The molecule has 2 unspecified atom stereocenters. The van der Waals surface area contributed by atoms with Crippen LogP contribution in [0.25, 0.3) is 5.69 Å². The topological polar surface area (TPSA) is 99.1 Å². The molecule has 138 valence electrons. The second kappa shape index (κ2) is 8.27. The fourth-order valence-electron chi connectivity index (χ4n) is 3.05. The molecule has 0 saturated carbocycles. The van der Waals surface area contributed by atoms with Crippen molar-refractivity contribution in [3.05, 3.63) is 82.7 Å². The van der Waals surface area contributed by atoms with Gasteiger partial charge in [0, 0.05) is 6.61 Å². The van der Waals surface area contributed by atoms with Gasteiger partial charge in [-0.3, -0.25) is 0 Å². The van der Waals surface area contributed by atoms with E-state index in [1.807, 2.05) is 42.5 Å². The Labute approximate surface area is 160 Å². The lowest BCUT2D eigenvalue weighted by atomic mass is 10.0. The highest BCUT2D eigenvalue weighted by atomic mass is 32.2. The first-order valence-electron chi connectivity index (χ1n) is 8.41. The van der Waals surface area contributed by atoms with Crippen molar-refractivity contribution in [3.8, 4) is 11.8 Å². The first-order valence-corrected chi connectivity index (χ1v) is 9.58. The molecule has 0 saturated heterocycles. The predicted molar refractivity (Wildman–Crippen MR) is 103 cm³/mol. The Morgan fingerprint density at radius 3 is 2.41 bits per heavy atom. The highest BCUT2D eigenvalue weighted by Crippen LogP contribution is 2.33. The van der Waals surface area contributed by atoms with Crippen molar-refractivity contribution in [2.45, 2.75) is 18.6 Å². The number of hydrogen-bond donors (Lipinski definition) is 2. The van der Waals surface area contributed by atoms with Crippen LogP contribution in [0.5, 0.6) is 0 Å². The molecule has 0 amide bonds. The minimum Gasteiger partial charge on any atom is -0.396 e. The summed E-state index contributed by atoms with van der Waals surface area (Å²) >= 11 is -2.26. The molecule has 7 heteroatoms. The maximum atomic E-state index is 12.3. The zero-order chi connectivity index (χ0) is 19.4. The van der Waals surface area contributed by atoms with Crippen LogP contribution in [-0.2, 0) is 17.5 Å². The van der Waals surface area contributed by atoms with Crippen molar-refractivity contribution in [1.82, 2.24) is 9.78 Å². The van der Waals surface area contributed by atoms with Crippen LogP contribution in [0.1, 0.15) is 33.3 Å². The molecule has 0 aliphatic rings. The lowest BCUT2D eigenvalue weighted by Crippen LogP contribution is -2.15. The van der Waals surface area contributed by atoms with Crippen molar-refractivity contribution in [2.24, 2.45) is 0 Å². The number of hydrogen-bond acceptors (Lipinski definition) is 4. The standard InChI is InChI=1S/C20H19N3O3S/c1-14-18(13-21)19(23(22-14)17-5-3-2-4-6-17)20(27(25)26)16-9-7-15(8-10-16)11-12-24/h2-10,20,24H,11-12H2,1H3,(H,25,26). The molecule has 0 fully saturated rings. The van der Waals surface area contributed by atoms with Gasteiger partial charge in [-0.05, 0) is 36.6 Å². The van der Waals surface area contributed by atoms with Crippen LogP contribution in [-0.4, -0.2) is 30.3 Å². The van der Waals surface area contributed by atoms with Crippen molar-refractivity contribution in [3.63, 3.8) is 0 Å². The van der Waals surface area contributed by atoms with Gasteiger partial charge in [0.05, 0.1) is 22.6 Å². The van der Waals surface area contributed by atoms with Crippen LogP contribution < -0.4 is 0 Å². The van der Waals surface area contributed by atoms with Crippen LogP contribution in [0.4, 0.5) is 0 Å². The molecule has 0 spiro atoms. The lowest BCUT2D eigenvalue weighted by molar-refractivity contribution is 0.299. The van der Waals surface area contributed by atoms with E-state index in [1.54, 1.807) is 23.7 Å². The molecule has 2 atom stereocenters. The van der Waals surface area contributed by atoms with Crippen molar-refractivity contribution < 1.29 is 13.9 Å². The third-order valence-corrected chi connectivity index (χ3v) is 5.24. The van der Waals surface area contributed by atoms with E-state index < -0.39 is 16.3 Å². The van der Waals surface area contributed by atoms with Crippen molar-refractivity contribution in [2.75, 3.05) is 6.61 Å². The predicted octanol–water partition coefficient (Wildman–Crippen LogP) is 2.90. The largest absolute Gasteiger partial charge is 0.396 e. The summed E-state index contributed by atoms with van der Waals surface area (Å²) in [5.74, 6) is 0. The monoisotopic (exact) mass is 381 g/mol. The second-order valence-corrected chi connectivity index (χ2v) is 7.10. The average molecular weight is 381 g/mol. The summed E-state index contributed by atoms with van der Waals surface area (Å²) < 4.78 is 23.9. The van der Waals surface area contributed by atoms with Crippen LogP contribution in [0, 0.1) is 18.3 Å². The maximum absolute atomic E-state index is 12.3. The number of aryl methyl sites for hydroxylation is 1. The molecule has 0 radical (unpaired) electrons. The Bertz CT molecular complexity index is 992. The van der Waals surface area contributed by atoms with E-state index in [0.717, 1.165) is 5.56 Å². The van der Waals surface area contributed by atoms with Crippen molar-refractivity contribution in [1.29, 1.82) is 5.26 Å². The van der Waals surface area contributed by atoms with E-state index in [0.29, 0.717) is 34.6 Å². The number of aliphatic hydroxyl groups excluding tert-OH is 1. The quantitative estimate of drug-likeness (QED) is 0.640. The molecule has 1 heterocycles. The maximum Gasteiger partial charge on any atom is 0.166 e. The molecule has 0 bridgehead atoms. The van der Waals surface area contributed by atoms with Gasteiger partial charge in [-0.2, -0.15) is 10.4 Å². The van der Waals surface area contributed by atoms with E-state index in [2.05, 4.69) is 11.2 Å². The summed E-state index contributed by atoms with van der Waals surface area (Å²) in [6, 6.07) is 18.5. The normalized spacial score (nSPS) is 13.1. The minimum absolute atomic E-state index is 0.0350. The molecule has 1 aromatic heterocycles. The number of aromatic nitrogens is 2. The second-order valence-electron chi connectivity index (χ2n) is 6.08. The van der Waals surface area contributed by atoms with Crippen LogP contribution in [0.15, 0.2) is 54.6 Å². The number of para-hydroxylation sites is 1. The number of rotatable bonds is 6.